The summed E-state index contributed by atoms with van der Waals surface area (Å²) in [6.45, 7) is 6.42. The van der Waals surface area contributed by atoms with E-state index in [-0.39, 0.29) is 0 Å². The van der Waals surface area contributed by atoms with Crippen molar-refractivity contribution in [1.29, 1.82) is 0 Å². The molecule has 0 spiro atoms. The zero-order valence-electron chi connectivity index (χ0n) is 8.79. The zero-order valence-corrected chi connectivity index (χ0v) is 8.79. The molecule has 0 amide bonds. The summed E-state index contributed by atoms with van der Waals surface area (Å²) >= 11 is 0. The summed E-state index contributed by atoms with van der Waals surface area (Å²) in [5.41, 5.74) is 2.29. The summed E-state index contributed by atoms with van der Waals surface area (Å²) < 4.78 is 5.37. The van der Waals surface area contributed by atoms with E-state index in [2.05, 4.69) is 25.8 Å². The maximum Gasteiger partial charge on any atom is 0.143 e. The average molecular weight is 179 g/mol. The van der Waals surface area contributed by atoms with Crippen LogP contribution in [-0.2, 0) is 6.42 Å². The minimum absolute atomic E-state index is 0.489. The SMILES string of the molecule is CCc1nccc(C(C)C)c1OC. The van der Waals surface area contributed by atoms with Gasteiger partial charge in [-0.3, -0.25) is 4.98 Å². The molecule has 2 nitrogen and oxygen atoms in total. The molecule has 0 bridgehead atoms. The average Bonchev–Trinajstić information content (AvgIpc) is 2.16. The highest BCUT2D eigenvalue weighted by Crippen LogP contribution is 2.28. The van der Waals surface area contributed by atoms with E-state index >= 15 is 0 Å². The molecule has 72 valence electrons. The molecule has 2 heteroatoms. The first kappa shape index (κ1) is 10.0. The van der Waals surface area contributed by atoms with Gasteiger partial charge in [0.25, 0.3) is 0 Å². The van der Waals surface area contributed by atoms with Crippen molar-refractivity contribution >= 4 is 0 Å². The molecule has 1 rings (SSSR count). The van der Waals surface area contributed by atoms with Crippen LogP contribution in [-0.4, -0.2) is 12.1 Å². The molecule has 1 aromatic rings. The number of nitrogens with zero attached hydrogens (tertiary/aromatic N) is 1. The van der Waals surface area contributed by atoms with Crippen LogP contribution in [0.5, 0.6) is 5.75 Å². The summed E-state index contributed by atoms with van der Waals surface area (Å²) in [5, 5.41) is 0. The van der Waals surface area contributed by atoms with Gasteiger partial charge < -0.3 is 4.74 Å². The summed E-state index contributed by atoms with van der Waals surface area (Å²) in [4.78, 5) is 4.29. The highest BCUT2D eigenvalue weighted by molar-refractivity contribution is 5.38. The van der Waals surface area contributed by atoms with Gasteiger partial charge in [-0.15, -0.1) is 0 Å². The van der Waals surface area contributed by atoms with E-state index in [1.165, 1.54) is 5.56 Å². The molecule has 0 aliphatic carbocycles. The van der Waals surface area contributed by atoms with Crippen molar-refractivity contribution in [3.63, 3.8) is 0 Å². The topological polar surface area (TPSA) is 22.1 Å². The van der Waals surface area contributed by atoms with Gasteiger partial charge in [0.1, 0.15) is 5.75 Å². The minimum atomic E-state index is 0.489. The van der Waals surface area contributed by atoms with Crippen molar-refractivity contribution in [3.8, 4) is 5.75 Å². The number of hydrogen-bond donors (Lipinski definition) is 0. The number of methoxy groups -OCH3 is 1. The smallest absolute Gasteiger partial charge is 0.143 e. The Morgan fingerprint density at radius 2 is 2.15 bits per heavy atom. The fraction of sp³-hybridized carbons (Fsp3) is 0.545. The van der Waals surface area contributed by atoms with Crippen LogP contribution in [0.25, 0.3) is 0 Å². The molecule has 0 atom stereocenters. The third-order valence-corrected chi connectivity index (χ3v) is 2.17. The van der Waals surface area contributed by atoms with Gasteiger partial charge in [-0.2, -0.15) is 0 Å². The largest absolute Gasteiger partial charge is 0.495 e. The summed E-state index contributed by atoms with van der Waals surface area (Å²) in [7, 11) is 1.71. The normalized spacial score (nSPS) is 10.5. The number of rotatable bonds is 3. The Morgan fingerprint density at radius 1 is 1.46 bits per heavy atom. The van der Waals surface area contributed by atoms with E-state index < -0.39 is 0 Å². The quantitative estimate of drug-likeness (QED) is 0.711. The molecule has 0 radical (unpaired) electrons. The van der Waals surface area contributed by atoms with Gasteiger partial charge in [0, 0.05) is 11.8 Å². The van der Waals surface area contributed by atoms with Crippen LogP contribution < -0.4 is 4.74 Å². The van der Waals surface area contributed by atoms with Gasteiger partial charge in [-0.25, -0.2) is 0 Å². The van der Waals surface area contributed by atoms with E-state index in [4.69, 9.17) is 4.74 Å². The molecular weight excluding hydrogens is 162 g/mol. The van der Waals surface area contributed by atoms with Crippen LogP contribution in [0.4, 0.5) is 0 Å². The lowest BCUT2D eigenvalue weighted by Crippen LogP contribution is -2.00. The zero-order chi connectivity index (χ0) is 9.84. The Hall–Kier alpha value is -1.05. The van der Waals surface area contributed by atoms with Gasteiger partial charge in [0.15, 0.2) is 0 Å². The van der Waals surface area contributed by atoms with Crippen molar-refractivity contribution in [2.45, 2.75) is 33.1 Å². The number of aryl methyl sites for hydroxylation is 1. The molecule has 1 heterocycles. The Bertz CT molecular complexity index is 281. The maximum atomic E-state index is 5.37. The van der Waals surface area contributed by atoms with Gasteiger partial charge in [0.05, 0.1) is 12.8 Å². The molecule has 0 saturated carbocycles. The number of ether oxygens (including phenoxy) is 1. The van der Waals surface area contributed by atoms with Gasteiger partial charge >= 0.3 is 0 Å². The van der Waals surface area contributed by atoms with Crippen LogP contribution >= 0.6 is 0 Å². The molecule has 13 heavy (non-hydrogen) atoms. The highest BCUT2D eigenvalue weighted by Gasteiger charge is 2.10. The molecule has 1 aromatic heterocycles. The standard InChI is InChI=1S/C11H17NO/c1-5-10-11(13-4)9(8(2)3)6-7-12-10/h6-8H,5H2,1-4H3. The fourth-order valence-electron chi connectivity index (χ4n) is 1.45. The second-order valence-electron chi connectivity index (χ2n) is 3.39. The van der Waals surface area contributed by atoms with Crippen molar-refractivity contribution in [2.24, 2.45) is 0 Å². The minimum Gasteiger partial charge on any atom is -0.495 e. The van der Waals surface area contributed by atoms with Crippen LogP contribution in [0.3, 0.4) is 0 Å². The van der Waals surface area contributed by atoms with Crippen LogP contribution in [0, 0.1) is 0 Å². The molecule has 0 saturated heterocycles. The molecule has 0 aliphatic rings. The lowest BCUT2D eigenvalue weighted by Gasteiger charge is -2.13. The van der Waals surface area contributed by atoms with Crippen molar-refractivity contribution < 1.29 is 4.74 Å². The first-order valence-corrected chi connectivity index (χ1v) is 4.72. The highest BCUT2D eigenvalue weighted by atomic mass is 16.5. The van der Waals surface area contributed by atoms with E-state index in [9.17, 15) is 0 Å². The van der Waals surface area contributed by atoms with Gasteiger partial charge in [0.2, 0.25) is 0 Å². The van der Waals surface area contributed by atoms with Gasteiger partial charge in [-0.1, -0.05) is 20.8 Å². The van der Waals surface area contributed by atoms with Crippen molar-refractivity contribution in [2.75, 3.05) is 7.11 Å². The number of hydrogen-bond acceptors (Lipinski definition) is 2. The monoisotopic (exact) mass is 179 g/mol. The molecule has 0 aliphatic heterocycles. The Balaban J connectivity index is 3.19. The summed E-state index contributed by atoms with van der Waals surface area (Å²) in [6.07, 6.45) is 2.78. The molecule has 0 fully saturated rings. The second kappa shape index (κ2) is 4.26. The van der Waals surface area contributed by atoms with Crippen molar-refractivity contribution in [3.05, 3.63) is 23.5 Å². The summed E-state index contributed by atoms with van der Waals surface area (Å²) in [6, 6.07) is 2.03. The lowest BCUT2D eigenvalue weighted by atomic mass is 10.0. The third kappa shape index (κ3) is 2.00. The first-order valence-electron chi connectivity index (χ1n) is 4.72. The van der Waals surface area contributed by atoms with Crippen LogP contribution in [0.1, 0.15) is 37.9 Å². The fourth-order valence-corrected chi connectivity index (χ4v) is 1.45. The Kier molecular flexibility index (Phi) is 3.29. The van der Waals surface area contributed by atoms with E-state index in [0.29, 0.717) is 5.92 Å². The Labute approximate surface area is 80.0 Å². The van der Waals surface area contributed by atoms with Crippen LogP contribution in [0.15, 0.2) is 12.3 Å². The van der Waals surface area contributed by atoms with Crippen LogP contribution in [0.2, 0.25) is 0 Å². The molecule has 0 N–H and O–H groups in total. The third-order valence-electron chi connectivity index (χ3n) is 2.17. The van der Waals surface area contributed by atoms with Gasteiger partial charge in [-0.05, 0) is 18.4 Å². The first-order chi connectivity index (χ1) is 6.20. The van der Waals surface area contributed by atoms with E-state index in [1.807, 2.05) is 12.3 Å². The maximum absolute atomic E-state index is 5.37. The second-order valence-corrected chi connectivity index (χ2v) is 3.39. The summed E-state index contributed by atoms with van der Waals surface area (Å²) in [5.74, 6) is 1.45. The lowest BCUT2D eigenvalue weighted by molar-refractivity contribution is 0.400. The van der Waals surface area contributed by atoms with Crippen molar-refractivity contribution in [1.82, 2.24) is 4.98 Å². The molecule has 0 unspecified atom stereocenters. The molecule has 0 aromatic carbocycles. The molecular formula is C11H17NO. The predicted molar refractivity (Wildman–Crippen MR) is 54.3 cm³/mol. The van der Waals surface area contributed by atoms with E-state index in [1.54, 1.807) is 7.11 Å². The number of pyridine rings is 1. The Morgan fingerprint density at radius 3 is 2.62 bits per heavy atom. The van der Waals surface area contributed by atoms with E-state index in [0.717, 1.165) is 17.9 Å². The predicted octanol–water partition coefficient (Wildman–Crippen LogP) is 2.78. The number of aromatic nitrogens is 1.